The van der Waals surface area contributed by atoms with Crippen LogP contribution in [-0.2, 0) is 22.7 Å². The lowest BCUT2D eigenvalue weighted by Gasteiger charge is -2.08. The number of alkyl halides is 3. The highest BCUT2D eigenvalue weighted by molar-refractivity contribution is 9.10. The van der Waals surface area contributed by atoms with Crippen molar-refractivity contribution in [3.8, 4) is 0 Å². The number of rotatable bonds is 6. The molecule has 1 aromatic carbocycles. The van der Waals surface area contributed by atoms with Crippen LogP contribution in [0.3, 0.4) is 0 Å². The standard InChI is InChI=1S/C15H17BrF3N3O2S/c1-10-4-6-12(7-5-10)25(23,24)20-8-3-9-22-11(2)13(16)14(21-22)15(17,18)19/h4-7,20H,3,8-9H2,1-2H3. The average molecular weight is 440 g/mol. The van der Waals surface area contributed by atoms with E-state index in [0.29, 0.717) is 12.1 Å². The van der Waals surface area contributed by atoms with Gasteiger partial charge in [0, 0.05) is 13.1 Å². The molecule has 5 nitrogen and oxygen atoms in total. The van der Waals surface area contributed by atoms with Crippen molar-refractivity contribution in [1.82, 2.24) is 14.5 Å². The molecular formula is C15H17BrF3N3O2S. The Morgan fingerprint density at radius 1 is 1.20 bits per heavy atom. The van der Waals surface area contributed by atoms with E-state index in [1.807, 2.05) is 6.92 Å². The molecule has 0 saturated heterocycles. The van der Waals surface area contributed by atoms with E-state index >= 15 is 0 Å². The van der Waals surface area contributed by atoms with Gasteiger partial charge in [-0.05, 0) is 48.3 Å². The smallest absolute Gasteiger partial charge is 0.268 e. The van der Waals surface area contributed by atoms with Crippen LogP contribution in [0.2, 0.25) is 0 Å². The third-order valence-electron chi connectivity index (χ3n) is 3.57. The van der Waals surface area contributed by atoms with Crippen molar-refractivity contribution in [2.75, 3.05) is 6.54 Å². The molecule has 2 aromatic rings. The summed E-state index contributed by atoms with van der Waals surface area (Å²) in [7, 11) is -3.64. The van der Waals surface area contributed by atoms with Gasteiger partial charge >= 0.3 is 6.18 Å². The lowest BCUT2D eigenvalue weighted by molar-refractivity contribution is -0.142. The van der Waals surface area contributed by atoms with Gasteiger partial charge in [-0.2, -0.15) is 18.3 Å². The van der Waals surface area contributed by atoms with E-state index in [1.165, 1.54) is 23.7 Å². The van der Waals surface area contributed by atoms with Gasteiger partial charge in [0.2, 0.25) is 10.0 Å². The van der Waals surface area contributed by atoms with Gasteiger partial charge in [-0.3, -0.25) is 4.68 Å². The topological polar surface area (TPSA) is 64.0 Å². The summed E-state index contributed by atoms with van der Waals surface area (Å²) in [5, 5.41) is 3.55. The molecule has 10 heteroatoms. The second-order valence-corrected chi connectivity index (χ2v) is 8.09. The molecule has 1 aromatic heterocycles. The molecule has 1 N–H and O–H groups in total. The van der Waals surface area contributed by atoms with Gasteiger partial charge in [0.25, 0.3) is 0 Å². The zero-order valence-electron chi connectivity index (χ0n) is 13.6. The molecule has 1 heterocycles. The number of aryl methyl sites for hydroxylation is 2. The molecule has 0 amide bonds. The van der Waals surface area contributed by atoms with Crippen LogP contribution in [0.25, 0.3) is 0 Å². The molecule has 25 heavy (non-hydrogen) atoms. The van der Waals surface area contributed by atoms with Crippen molar-refractivity contribution in [2.45, 2.75) is 37.9 Å². The Kier molecular flexibility index (Phi) is 5.95. The molecule has 0 spiro atoms. The maximum absolute atomic E-state index is 12.8. The summed E-state index contributed by atoms with van der Waals surface area (Å²) < 4.78 is 66.2. The summed E-state index contributed by atoms with van der Waals surface area (Å²) in [6.45, 7) is 3.62. The number of hydrogen-bond acceptors (Lipinski definition) is 3. The molecule has 0 unspecified atom stereocenters. The highest BCUT2D eigenvalue weighted by Gasteiger charge is 2.37. The van der Waals surface area contributed by atoms with E-state index in [0.717, 1.165) is 5.56 Å². The van der Waals surface area contributed by atoms with Crippen LogP contribution in [0.5, 0.6) is 0 Å². The fraction of sp³-hybridized carbons (Fsp3) is 0.400. The number of nitrogens with one attached hydrogen (secondary N) is 1. The van der Waals surface area contributed by atoms with Gasteiger partial charge in [0.1, 0.15) is 0 Å². The Morgan fingerprint density at radius 3 is 2.32 bits per heavy atom. The zero-order valence-corrected chi connectivity index (χ0v) is 16.0. The minimum atomic E-state index is -4.54. The van der Waals surface area contributed by atoms with Crippen LogP contribution in [0, 0.1) is 13.8 Å². The number of sulfonamides is 1. The first-order valence-corrected chi connectivity index (χ1v) is 9.66. The number of benzene rings is 1. The molecule has 0 aliphatic heterocycles. The monoisotopic (exact) mass is 439 g/mol. The van der Waals surface area contributed by atoms with Gasteiger partial charge < -0.3 is 0 Å². The van der Waals surface area contributed by atoms with Gasteiger partial charge in [-0.1, -0.05) is 17.7 Å². The van der Waals surface area contributed by atoms with E-state index in [9.17, 15) is 21.6 Å². The van der Waals surface area contributed by atoms with Crippen molar-refractivity contribution < 1.29 is 21.6 Å². The van der Waals surface area contributed by atoms with Crippen molar-refractivity contribution in [1.29, 1.82) is 0 Å². The van der Waals surface area contributed by atoms with E-state index in [-0.39, 0.29) is 22.5 Å². The van der Waals surface area contributed by atoms with Crippen LogP contribution in [-0.4, -0.2) is 24.7 Å². The molecule has 0 saturated carbocycles. The highest BCUT2D eigenvalue weighted by Crippen LogP contribution is 2.35. The first-order valence-electron chi connectivity index (χ1n) is 7.39. The number of halogens is 4. The largest absolute Gasteiger partial charge is 0.436 e. The van der Waals surface area contributed by atoms with Crippen LogP contribution >= 0.6 is 15.9 Å². The zero-order chi connectivity index (χ0) is 18.8. The fourth-order valence-corrected chi connectivity index (χ4v) is 3.74. The van der Waals surface area contributed by atoms with Crippen molar-refractivity contribution in [3.63, 3.8) is 0 Å². The quantitative estimate of drug-likeness (QED) is 0.698. The Balaban J connectivity index is 1.96. The van der Waals surface area contributed by atoms with Crippen LogP contribution in [0.1, 0.15) is 23.4 Å². The van der Waals surface area contributed by atoms with Crippen LogP contribution in [0.4, 0.5) is 13.2 Å². The summed E-state index contributed by atoms with van der Waals surface area (Å²) in [4.78, 5) is 0.149. The van der Waals surface area contributed by atoms with Crippen molar-refractivity contribution >= 4 is 26.0 Å². The van der Waals surface area contributed by atoms with Crippen molar-refractivity contribution in [2.24, 2.45) is 0 Å². The molecule has 0 aliphatic carbocycles. The lowest BCUT2D eigenvalue weighted by Crippen LogP contribution is -2.25. The summed E-state index contributed by atoms with van der Waals surface area (Å²) in [6.07, 6.45) is -4.24. The minimum Gasteiger partial charge on any atom is -0.268 e. The number of aromatic nitrogens is 2. The molecular weight excluding hydrogens is 423 g/mol. The highest BCUT2D eigenvalue weighted by atomic mass is 79.9. The van der Waals surface area contributed by atoms with E-state index in [2.05, 4.69) is 25.8 Å². The number of hydrogen-bond donors (Lipinski definition) is 1. The normalized spacial score (nSPS) is 12.6. The summed E-state index contributed by atoms with van der Waals surface area (Å²) >= 11 is 2.90. The van der Waals surface area contributed by atoms with Crippen LogP contribution < -0.4 is 4.72 Å². The predicted molar refractivity (Wildman–Crippen MR) is 90.7 cm³/mol. The molecule has 0 bridgehead atoms. The second-order valence-electron chi connectivity index (χ2n) is 5.53. The predicted octanol–water partition coefficient (Wildman–Crippen LogP) is 3.65. The van der Waals surface area contributed by atoms with Gasteiger partial charge in [0.05, 0.1) is 15.1 Å². The summed E-state index contributed by atoms with van der Waals surface area (Å²) in [6, 6.07) is 6.39. The molecule has 0 fully saturated rings. The van der Waals surface area contributed by atoms with Crippen LogP contribution in [0.15, 0.2) is 33.6 Å². The molecule has 2 rings (SSSR count). The Labute approximate surface area is 152 Å². The molecule has 0 aliphatic rings. The summed E-state index contributed by atoms with van der Waals surface area (Å²) in [5.41, 5.74) is 0.304. The lowest BCUT2D eigenvalue weighted by atomic mass is 10.2. The first kappa shape index (κ1) is 19.9. The summed E-state index contributed by atoms with van der Waals surface area (Å²) in [5.74, 6) is 0. The Morgan fingerprint density at radius 2 is 1.80 bits per heavy atom. The van der Waals surface area contributed by atoms with E-state index in [1.54, 1.807) is 12.1 Å². The van der Waals surface area contributed by atoms with Gasteiger partial charge in [0.15, 0.2) is 5.69 Å². The fourth-order valence-electron chi connectivity index (χ4n) is 2.16. The molecule has 138 valence electrons. The molecule has 0 radical (unpaired) electrons. The third kappa shape index (κ3) is 4.83. The van der Waals surface area contributed by atoms with E-state index in [4.69, 9.17) is 0 Å². The Hall–Kier alpha value is -1.39. The van der Waals surface area contributed by atoms with E-state index < -0.39 is 21.9 Å². The van der Waals surface area contributed by atoms with Crippen molar-refractivity contribution in [3.05, 3.63) is 45.7 Å². The second kappa shape index (κ2) is 7.46. The first-order chi connectivity index (χ1) is 11.5. The van der Waals surface area contributed by atoms with Gasteiger partial charge in [-0.15, -0.1) is 0 Å². The maximum atomic E-state index is 12.8. The third-order valence-corrected chi connectivity index (χ3v) is 6.00. The molecule has 0 atom stereocenters. The Bertz CT molecular complexity index is 846. The average Bonchev–Trinajstić information content (AvgIpc) is 2.80. The minimum absolute atomic E-state index is 0.0917. The van der Waals surface area contributed by atoms with Gasteiger partial charge in [-0.25, -0.2) is 13.1 Å². The SMILES string of the molecule is Cc1ccc(S(=O)(=O)NCCCn2nc(C(F)(F)F)c(Br)c2C)cc1. The number of nitrogens with zero attached hydrogens (tertiary/aromatic N) is 2. The maximum Gasteiger partial charge on any atom is 0.436 e.